The largest absolute Gasteiger partial charge is 0.458 e. The molecular formula is C91H60B3N5O4S2. The number of para-hydroxylation sites is 6. The van der Waals surface area contributed by atoms with Crippen LogP contribution in [0.25, 0.3) is 20.2 Å². The van der Waals surface area contributed by atoms with Gasteiger partial charge < -0.3 is 43.9 Å². The van der Waals surface area contributed by atoms with E-state index in [4.69, 9.17) is 18.9 Å². The molecule has 8 heterocycles. The zero-order chi connectivity index (χ0) is 69.3. The molecule has 0 unspecified atom stereocenters. The van der Waals surface area contributed by atoms with Crippen LogP contribution in [0.2, 0.25) is 0 Å². The van der Waals surface area contributed by atoms with Gasteiger partial charge in [-0.3, -0.25) is 0 Å². The molecule has 0 amide bonds. The molecular weight excluding hydrogens is 1320 g/mol. The molecule has 0 radical (unpaired) electrons. The average molecular weight is 1380 g/mol. The van der Waals surface area contributed by atoms with Crippen molar-refractivity contribution in [3.05, 3.63) is 320 Å². The molecule has 105 heavy (non-hydrogen) atoms. The van der Waals surface area contributed by atoms with Crippen molar-refractivity contribution >= 4 is 190 Å². The van der Waals surface area contributed by atoms with E-state index in [1.54, 1.807) is 11.3 Å². The molecule has 0 aliphatic carbocycles. The highest BCUT2D eigenvalue weighted by atomic mass is 32.1. The Morgan fingerprint density at radius 1 is 0.305 bits per heavy atom. The van der Waals surface area contributed by atoms with Gasteiger partial charge in [0.05, 0.1) is 22.7 Å². The molecule has 9 nitrogen and oxygen atoms in total. The fourth-order valence-corrected chi connectivity index (χ4v) is 20.1. The highest BCUT2D eigenvalue weighted by Gasteiger charge is 2.50. The summed E-state index contributed by atoms with van der Waals surface area (Å²) >= 11 is 3.64. The number of rotatable bonds is 10. The number of hydrogen-bond acceptors (Lipinski definition) is 11. The van der Waals surface area contributed by atoms with Crippen LogP contribution in [0.5, 0.6) is 46.0 Å². The van der Waals surface area contributed by atoms with Crippen molar-refractivity contribution in [2.75, 3.05) is 24.9 Å². The molecule has 6 aliphatic heterocycles. The van der Waals surface area contributed by atoms with E-state index in [-0.39, 0.29) is 20.1 Å². The Balaban J connectivity index is 0.811. The van der Waals surface area contributed by atoms with Crippen LogP contribution in [-0.4, -0.2) is 20.1 Å². The average Bonchev–Trinajstić information content (AvgIpc) is 1.41. The lowest BCUT2D eigenvalue weighted by molar-refractivity contribution is 0.458. The SMILES string of the molecule is Cc1cc(C)c(N2c3cc4c(cc3B3c5cc6c(cc5Oc5cc(N(c7ccccc7)c7ccccc7)cc2c53)Oc2cc(N(c3ccccc3)c3ccccc3)cc3c2B6c2sc5ccccc5c2O3)B2c3sc5ccccc5c3Oc3cc(N(c5ccccc5)c5ccccc5)cc(c32)N4)c(C)c1. The normalized spacial score (nSPS) is 13.2. The summed E-state index contributed by atoms with van der Waals surface area (Å²) < 4.78 is 34.9. The smallest absolute Gasteiger partial charge is 0.273 e. The molecule has 0 fully saturated rings. The first kappa shape index (κ1) is 60.0. The summed E-state index contributed by atoms with van der Waals surface area (Å²) in [7, 11) is 0. The van der Waals surface area contributed by atoms with E-state index in [1.165, 1.54) is 31.6 Å². The molecule has 0 atom stereocenters. The highest BCUT2D eigenvalue weighted by molar-refractivity contribution is 7.34. The summed E-state index contributed by atoms with van der Waals surface area (Å²) in [4.78, 5) is 9.55. The van der Waals surface area contributed by atoms with Gasteiger partial charge in [-0.25, -0.2) is 0 Å². The van der Waals surface area contributed by atoms with Gasteiger partial charge in [-0.2, -0.15) is 0 Å². The van der Waals surface area contributed by atoms with Crippen LogP contribution >= 0.6 is 22.7 Å². The molecule has 0 saturated heterocycles. The maximum absolute atomic E-state index is 7.83. The molecule has 0 bridgehead atoms. The van der Waals surface area contributed by atoms with Crippen LogP contribution in [0.15, 0.2) is 303 Å². The van der Waals surface area contributed by atoms with Crippen molar-refractivity contribution in [2.24, 2.45) is 0 Å². The van der Waals surface area contributed by atoms with Crippen molar-refractivity contribution in [3.8, 4) is 46.0 Å². The number of fused-ring (bicyclic) bond motifs is 16. The van der Waals surface area contributed by atoms with Crippen LogP contribution in [-0.2, 0) is 0 Å². The number of benzene rings is 14. The maximum atomic E-state index is 7.83. The molecule has 1 N–H and O–H groups in total. The predicted molar refractivity (Wildman–Crippen MR) is 440 cm³/mol. The Kier molecular flexibility index (Phi) is 13.3. The van der Waals surface area contributed by atoms with Crippen LogP contribution < -0.4 is 91.7 Å². The van der Waals surface area contributed by atoms with Gasteiger partial charge in [-0.1, -0.05) is 163 Å². The lowest BCUT2D eigenvalue weighted by Crippen LogP contribution is -2.64. The molecule has 14 aromatic carbocycles. The second-order valence-electron chi connectivity index (χ2n) is 28.1. The van der Waals surface area contributed by atoms with Gasteiger partial charge in [0.25, 0.3) is 20.1 Å². The number of nitrogens with one attached hydrogen (secondary N) is 1. The third-order valence-electron chi connectivity index (χ3n) is 21.8. The summed E-state index contributed by atoms with van der Waals surface area (Å²) in [6.07, 6.45) is 0. The maximum Gasteiger partial charge on any atom is 0.273 e. The van der Waals surface area contributed by atoms with E-state index >= 15 is 0 Å². The predicted octanol–water partition coefficient (Wildman–Crippen LogP) is 19.3. The summed E-state index contributed by atoms with van der Waals surface area (Å²) in [5.74, 6) is 6.34. The first-order valence-electron chi connectivity index (χ1n) is 35.8. The molecule has 16 aromatic rings. The van der Waals surface area contributed by atoms with Gasteiger partial charge in [0.2, 0.25) is 0 Å². The van der Waals surface area contributed by atoms with Crippen LogP contribution in [0.3, 0.4) is 0 Å². The zero-order valence-electron chi connectivity index (χ0n) is 57.3. The molecule has 0 saturated carbocycles. The van der Waals surface area contributed by atoms with Crippen molar-refractivity contribution < 1.29 is 18.9 Å². The van der Waals surface area contributed by atoms with Crippen LogP contribution in [0, 0.1) is 20.8 Å². The van der Waals surface area contributed by atoms with Gasteiger partial charge >= 0.3 is 0 Å². The summed E-state index contributed by atoms with van der Waals surface area (Å²) in [5.41, 5.74) is 25.5. The van der Waals surface area contributed by atoms with E-state index in [1.807, 2.05) is 11.3 Å². The van der Waals surface area contributed by atoms with E-state index in [9.17, 15) is 0 Å². The van der Waals surface area contributed by atoms with Crippen molar-refractivity contribution in [2.45, 2.75) is 20.8 Å². The fourth-order valence-electron chi connectivity index (χ4n) is 17.6. The lowest BCUT2D eigenvalue weighted by atomic mass is 9.31. The van der Waals surface area contributed by atoms with Gasteiger partial charge in [0.1, 0.15) is 46.0 Å². The minimum absolute atomic E-state index is 0.206. The molecule has 0 spiro atoms. The second-order valence-corrected chi connectivity index (χ2v) is 30.2. The second kappa shape index (κ2) is 23.2. The number of thiophene rings is 2. The molecule has 14 heteroatoms. The first-order valence-corrected chi connectivity index (χ1v) is 37.4. The van der Waals surface area contributed by atoms with E-state index in [0.717, 1.165) is 179 Å². The fraction of sp³-hybridized carbons (Fsp3) is 0.0330. The Bertz CT molecular complexity index is 6160. The Labute approximate surface area is 616 Å². The van der Waals surface area contributed by atoms with Gasteiger partial charge in [0.15, 0.2) is 0 Å². The van der Waals surface area contributed by atoms with Gasteiger partial charge in [-0.15, -0.1) is 22.7 Å². The molecule has 2 aromatic heterocycles. The summed E-state index contributed by atoms with van der Waals surface area (Å²) in [6, 6.07) is 109. The van der Waals surface area contributed by atoms with E-state index < -0.39 is 0 Å². The summed E-state index contributed by atoms with van der Waals surface area (Å²) in [5, 5.41) is 6.40. The number of ether oxygens (including phenoxy) is 4. The number of nitrogens with zero attached hydrogens (tertiary/aromatic N) is 4. The Morgan fingerprint density at radius 3 is 1.18 bits per heavy atom. The third kappa shape index (κ3) is 9.22. The monoisotopic (exact) mass is 1380 g/mol. The number of aryl methyl sites for hydroxylation is 3. The van der Waals surface area contributed by atoms with E-state index in [0.29, 0.717) is 0 Å². The Hall–Kier alpha value is -12.6. The highest BCUT2D eigenvalue weighted by Crippen LogP contribution is 2.52. The van der Waals surface area contributed by atoms with Crippen molar-refractivity contribution in [1.29, 1.82) is 0 Å². The Morgan fingerprint density at radius 2 is 0.695 bits per heavy atom. The standard InChI is InChI=1S/C91H60B3N5O4S2/c1-54-42-55(2)87(56(3)43-54)99-74-52-72-68(93-84-73(95-72)44-63(96(57-26-10-4-11-27-57)58-28-12-5-13-29-58)46-78(84)102-88-66-38-22-24-40-82(66)104-90(88)93)50-69(74)92-70-51-71-77(53-76(70)100-79-47-64(45-75(99)85(79)92)97(59-30-14-6-15-31-59)60-32-16-7-17-33-60)101-80-48-65(98(61-34-18-8-19-35-61)62-36-20-9-21-37-62)49-81-86(80)94(71)91-89(103-81)67-39-23-25-41-83(67)105-91/h4-53,95H,1-3H3. The van der Waals surface area contributed by atoms with Crippen LogP contribution in [0.4, 0.5) is 79.6 Å². The zero-order valence-corrected chi connectivity index (χ0v) is 59.0. The minimum atomic E-state index is -0.354. The molecule has 6 aliphatic rings. The van der Waals surface area contributed by atoms with Crippen molar-refractivity contribution in [1.82, 2.24) is 0 Å². The number of hydrogen-bond donors (Lipinski definition) is 1. The first-order chi connectivity index (χ1) is 51.8. The van der Waals surface area contributed by atoms with Gasteiger partial charge in [-0.05, 0) is 180 Å². The quantitative estimate of drug-likeness (QED) is 0.135. The third-order valence-corrected chi connectivity index (χ3v) is 24.2. The number of anilines is 14. The lowest BCUT2D eigenvalue weighted by Gasteiger charge is -2.44. The van der Waals surface area contributed by atoms with E-state index in [2.05, 4.69) is 349 Å². The molecule has 494 valence electrons. The van der Waals surface area contributed by atoms with Crippen molar-refractivity contribution in [3.63, 3.8) is 0 Å². The minimum Gasteiger partial charge on any atom is -0.458 e. The molecule has 22 rings (SSSR count). The summed E-state index contributed by atoms with van der Waals surface area (Å²) in [6.45, 7) is 5.93. The topological polar surface area (TPSA) is 61.9 Å². The van der Waals surface area contributed by atoms with Gasteiger partial charge in [0, 0.05) is 122 Å². The van der Waals surface area contributed by atoms with Crippen LogP contribution in [0.1, 0.15) is 16.7 Å².